The van der Waals surface area contributed by atoms with Crippen molar-refractivity contribution in [2.45, 2.75) is 33.2 Å². The minimum Gasteiger partial charge on any atom is -0.369 e. The van der Waals surface area contributed by atoms with Crippen molar-refractivity contribution in [2.75, 3.05) is 18.0 Å². The van der Waals surface area contributed by atoms with Crippen molar-refractivity contribution in [3.05, 3.63) is 39.6 Å². The van der Waals surface area contributed by atoms with Crippen LogP contribution in [0.25, 0.3) is 0 Å². The molecule has 0 radical (unpaired) electrons. The van der Waals surface area contributed by atoms with Crippen molar-refractivity contribution in [3.8, 4) is 0 Å². The average Bonchev–Trinajstić information content (AvgIpc) is 2.85. The highest BCUT2D eigenvalue weighted by atomic mass is 16.2. The standard InChI is InChI=1S/C17H24N6O2/c1-11-15(12(2)22(3)21-11)9-18-17(25)13-5-4-6-23(10-13)14-7-16(24)20-19-8-14/h7-8,13H,4-6,9-10H2,1-3H3,(H,18,25)(H,20,24)/t13-/m1/s1. The van der Waals surface area contributed by atoms with Gasteiger partial charge >= 0.3 is 0 Å². The zero-order valence-corrected chi connectivity index (χ0v) is 14.9. The van der Waals surface area contributed by atoms with E-state index in [9.17, 15) is 9.59 Å². The molecule has 3 rings (SSSR count). The quantitative estimate of drug-likeness (QED) is 0.849. The minimum absolute atomic E-state index is 0.0464. The van der Waals surface area contributed by atoms with E-state index in [1.165, 1.54) is 6.07 Å². The summed E-state index contributed by atoms with van der Waals surface area (Å²) in [6, 6.07) is 1.52. The average molecular weight is 344 g/mol. The third-order valence-corrected chi connectivity index (χ3v) is 4.91. The monoisotopic (exact) mass is 344 g/mol. The molecule has 8 nitrogen and oxygen atoms in total. The Morgan fingerprint density at radius 3 is 2.92 bits per heavy atom. The molecule has 2 aromatic heterocycles. The Labute approximate surface area is 146 Å². The van der Waals surface area contributed by atoms with Gasteiger partial charge in [-0.15, -0.1) is 0 Å². The van der Waals surface area contributed by atoms with Crippen LogP contribution in [0.15, 0.2) is 17.1 Å². The minimum atomic E-state index is -0.230. The Bertz CT molecular complexity index is 825. The summed E-state index contributed by atoms with van der Waals surface area (Å²) in [5.41, 5.74) is 3.62. The Hall–Kier alpha value is -2.64. The SMILES string of the molecule is Cc1nn(C)c(C)c1CNC(=O)[C@@H]1CCCN(c2cn[nH]c(=O)c2)C1. The second-order valence-electron chi connectivity index (χ2n) is 6.58. The fraction of sp³-hybridized carbons (Fsp3) is 0.529. The maximum Gasteiger partial charge on any atom is 0.266 e. The van der Waals surface area contributed by atoms with Gasteiger partial charge in [-0.05, 0) is 26.7 Å². The molecule has 1 atom stereocenters. The summed E-state index contributed by atoms with van der Waals surface area (Å²) in [5.74, 6) is -0.0459. The number of amides is 1. The number of aryl methyl sites for hydroxylation is 2. The van der Waals surface area contributed by atoms with Gasteiger partial charge in [-0.25, -0.2) is 5.10 Å². The summed E-state index contributed by atoms with van der Waals surface area (Å²) in [7, 11) is 1.91. The predicted molar refractivity (Wildman–Crippen MR) is 94.3 cm³/mol. The lowest BCUT2D eigenvalue weighted by Gasteiger charge is -2.33. The maximum atomic E-state index is 12.6. The van der Waals surface area contributed by atoms with E-state index in [-0.39, 0.29) is 17.4 Å². The maximum absolute atomic E-state index is 12.6. The lowest BCUT2D eigenvalue weighted by atomic mass is 9.96. The number of carbonyl (C=O) groups excluding carboxylic acids is 1. The molecule has 0 spiro atoms. The van der Waals surface area contributed by atoms with Crippen LogP contribution in [0, 0.1) is 19.8 Å². The van der Waals surface area contributed by atoms with Crippen LogP contribution in [0.3, 0.4) is 0 Å². The van der Waals surface area contributed by atoms with Crippen LogP contribution in [0.5, 0.6) is 0 Å². The molecule has 0 unspecified atom stereocenters. The topological polar surface area (TPSA) is 95.9 Å². The van der Waals surface area contributed by atoms with E-state index in [2.05, 4.69) is 25.5 Å². The second-order valence-corrected chi connectivity index (χ2v) is 6.58. The van der Waals surface area contributed by atoms with Gasteiger partial charge in [0.05, 0.1) is 23.5 Å². The summed E-state index contributed by atoms with van der Waals surface area (Å²) < 4.78 is 1.83. The highest BCUT2D eigenvalue weighted by Gasteiger charge is 2.26. The van der Waals surface area contributed by atoms with Crippen LogP contribution in [-0.4, -0.2) is 39.0 Å². The third-order valence-electron chi connectivity index (χ3n) is 4.91. The smallest absolute Gasteiger partial charge is 0.266 e. The molecule has 0 saturated carbocycles. The zero-order chi connectivity index (χ0) is 18.0. The number of piperidine rings is 1. The van der Waals surface area contributed by atoms with E-state index in [4.69, 9.17) is 0 Å². The molecule has 3 heterocycles. The predicted octanol–water partition coefficient (Wildman–Crippen LogP) is 0.653. The van der Waals surface area contributed by atoms with Crippen molar-refractivity contribution >= 4 is 11.6 Å². The van der Waals surface area contributed by atoms with Gasteiger partial charge in [0.1, 0.15) is 0 Å². The van der Waals surface area contributed by atoms with E-state index in [1.807, 2.05) is 25.6 Å². The molecule has 1 saturated heterocycles. The highest BCUT2D eigenvalue weighted by Crippen LogP contribution is 2.22. The van der Waals surface area contributed by atoms with Gasteiger partial charge in [-0.1, -0.05) is 0 Å². The Kier molecular flexibility index (Phi) is 4.87. The van der Waals surface area contributed by atoms with Crippen molar-refractivity contribution in [1.29, 1.82) is 0 Å². The number of anilines is 1. The summed E-state index contributed by atoms with van der Waals surface area (Å²) in [4.78, 5) is 26.1. The molecule has 0 aromatic carbocycles. The lowest BCUT2D eigenvalue weighted by Crippen LogP contribution is -2.43. The van der Waals surface area contributed by atoms with E-state index in [1.54, 1.807) is 6.20 Å². The first-order valence-corrected chi connectivity index (χ1v) is 8.52. The van der Waals surface area contributed by atoms with Gasteiger partial charge in [0.2, 0.25) is 5.91 Å². The molecule has 0 bridgehead atoms. The molecule has 2 aromatic rings. The van der Waals surface area contributed by atoms with Gasteiger partial charge in [0, 0.05) is 44.0 Å². The number of rotatable bonds is 4. The lowest BCUT2D eigenvalue weighted by molar-refractivity contribution is -0.125. The molecule has 134 valence electrons. The van der Waals surface area contributed by atoms with Crippen LogP contribution < -0.4 is 15.8 Å². The van der Waals surface area contributed by atoms with Crippen LogP contribution in [-0.2, 0) is 18.4 Å². The van der Waals surface area contributed by atoms with Gasteiger partial charge in [0.25, 0.3) is 5.56 Å². The number of carbonyl (C=O) groups is 1. The largest absolute Gasteiger partial charge is 0.369 e. The Balaban J connectivity index is 1.63. The van der Waals surface area contributed by atoms with Crippen molar-refractivity contribution in [2.24, 2.45) is 13.0 Å². The van der Waals surface area contributed by atoms with Crippen LogP contribution >= 0.6 is 0 Å². The zero-order valence-electron chi connectivity index (χ0n) is 14.9. The van der Waals surface area contributed by atoms with Gasteiger partial charge in [0.15, 0.2) is 0 Å². The number of nitrogens with zero attached hydrogens (tertiary/aromatic N) is 4. The number of nitrogens with one attached hydrogen (secondary N) is 2. The molecule has 25 heavy (non-hydrogen) atoms. The fourth-order valence-corrected chi connectivity index (χ4v) is 3.36. The number of hydrogen-bond acceptors (Lipinski definition) is 5. The van der Waals surface area contributed by atoms with Gasteiger partial charge < -0.3 is 10.2 Å². The molecule has 0 aliphatic carbocycles. The molecule has 1 aliphatic rings. The highest BCUT2D eigenvalue weighted by molar-refractivity contribution is 5.79. The first kappa shape index (κ1) is 17.2. The van der Waals surface area contributed by atoms with Gasteiger partial charge in [-0.2, -0.15) is 10.2 Å². The van der Waals surface area contributed by atoms with E-state index in [0.29, 0.717) is 13.1 Å². The van der Waals surface area contributed by atoms with Crippen molar-refractivity contribution < 1.29 is 4.79 Å². The Morgan fingerprint density at radius 1 is 1.44 bits per heavy atom. The summed E-state index contributed by atoms with van der Waals surface area (Å²) in [6.45, 7) is 5.88. The van der Waals surface area contributed by atoms with Crippen LogP contribution in [0.1, 0.15) is 29.8 Å². The van der Waals surface area contributed by atoms with Crippen molar-refractivity contribution in [3.63, 3.8) is 0 Å². The molecular weight excluding hydrogens is 320 g/mol. The molecule has 8 heteroatoms. The summed E-state index contributed by atoms with van der Waals surface area (Å²) >= 11 is 0. The molecule has 1 aliphatic heterocycles. The molecule has 1 amide bonds. The first-order valence-electron chi connectivity index (χ1n) is 8.52. The summed E-state index contributed by atoms with van der Waals surface area (Å²) in [6.07, 6.45) is 3.39. The summed E-state index contributed by atoms with van der Waals surface area (Å²) in [5, 5.41) is 13.6. The Morgan fingerprint density at radius 2 is 2.24 bits per heavy atom. The van der Waals surface area contributed by atoms with E-state index >= 15 is 0 Å². The molecular formula is C17H24N6O2. The fourth-order valence-electron chi connectivity index (χ4n) is 3.36. The molecule has 1 fully saturated rings. The van der Waals surface area contributed by atoms with Gasteiger partial charge in [-0.3, -0.25) is 14.3 Å². The number of H-pyrrole nitrogens is 1. The number of aromatic nitrogens is 4. The normalized spacial score (nSPS) is 17.6. The first-order chi connectivity index (χ1) is 12.0. The second kappa shape index (κ2) is 7.08. The molecule has 2 N–H and O–H groups in total. The number of aromatic amines is 1. The van der Waals surface area contributed by atoms with Crippen LogP contribution in [0.2, 0.25) is 0 Å². The van der Waals surface area contributed by atoms with E-state index < -0.39 is 0 Å². The van der Waals surface area contributed by atoms with Crippen molar-refractivity contribution in [1.82, 2.24) is 25.3 Å². The number of hydrogen-bond donors (Lipinski definition) is 2. The third kappa shape index (κ3) is 3.72. The van der Waals surface area contributed by atoms with Crippen LogP contribution in [0.4, 0.5) is 5.69 Å². The van der Waals surface area contributed by atoms with E-state index in [0.717, 1.165) is 42.0 Å².